The fourth-order valence-corrected chi connectivity index (χ4v) is 1.73. The highest BCUT2D eigenvalue weighted by atomic mass is 28.4. The van der Waals surface area contributed by atoms with Gasteiger partial charge in [-0.15, -0.1) is 0 Å². The minimum Gasteiger partial charge on any atom is -0.465 e. The Bertz CT molecular complexity index is 208. The van der Waals surface area contributed by atoms with E-state index in [1.807, 2.05) is 20.8 Å². The van der Waals surface area contributed by atoms with Crippen LogP contribution in [0.25, 0.3) is 0 Å². The summed E-state index contributed by atoms with van der Waals surface area (Å²) < 4.78 is 5.05. The molecule has 15 heavy (non-hydrogen) atoms. The van der Waals surface area contributed by atoms with E-state index in [1.54, 1.807) is 0 Å². The van der Waals surface area contributed by atoms with Crippen molar-refractivity contribution in [3.8, 4) is 0 Å². The van der Waals surface area contributed by atoms with Gasteiger partial charge in [0, 0.05) is 0 Å². The van der Waals surface area contributed by atoms with Gasteiger partial charge in [-0.3, -0.25) is 4.79 Å². The van der Waals surface area contributed by atoms with Crippen LogP contribution in [0, 0.1) is 5.41 Å². The summed E-state index contributed by atoms with van der Waals surface area (Å²) in [7, 11) is -2.97. The average Bonchev–Trinajstić information content (AvgIpc) is 2.10. The summed E-state index contributed by atoms with van der Waals surface area (Å²) in [4.78, 5) is 29.8. The molecule has 0 radical (unpaired) electrons. The highest BCUT2D eigenvalue weighted by Crippen LogP contribution is 2.21. The van der Waals surface area contributed by atoms with Crippen LogP contribution in [0.5, 0.6) is 0 Å². The quantitative estimate of drug-likeness (QED) is 0.414. The van der Waals surface area contributed by atoms with Gasteiger partial charge in [0.15, 0.2) is 0 Å². The van der Waals surface area contributed by atoms with Crippen molar-refractivity contribution in [3.63, 3.8) is 0 Å². The van der Waals surface area contributed by atoms with Gasteiger partial charge in [-0.2, -0.15) is 0 Å². The summed E-state index contributed by atoms with van der Waals surface area (Å²) in [5, 5.41) is 0. The second-order valence-corrected chi connectivity index (χ2v) is 7.63. The highest BCUT2D eigenvalue weighted by Gasteiger charge is 2.27. The Hall–Kier alpha value is -0.393. The van der Waals surface area contributed by atoms with Crippen molar-refractivity contribution in [2.24, 2.45) is 5.41 Å². The first-order chi connectivity index (χ1) is 6.69. The second-order valence-electron chi connectivity index (χ2n) is 4.69. The highest BCUT2D eigenvalue weighted by molar-refractivity contribution is 6.63. The Balaban J connectivity index is 3.74. The van der Waals surface area contributed by atoms with Gasteiger partial charge in [-0.1, -0.05) is 6.92 Å². The van der Waals surface area contributed by atoms with Crippen molar-refractivity contribution in [3.05, 3.63) is 0 Å². The Morgan fingerprint density at radius 1 is 1.40 bits per heavy atom. The number of rotatable bonds is 6. The molecule has 0 aromatic heterocycles. The summed E-state index contributed by atoms with van der Waals surface area (Å²) in [6.07, 6.45) is 1.25. The molecule has 0 bridgehead atoms. The molecule has 0 aliphatic carbocycles. The fourth-order valence-electron chi connectivity index (χ4n) is 0.912. The van der Waals surface area contributed by atoms with Crippen LogP contribution in [0.2, 0.25) is 12.6 Å². The van der Waals surface area contributed by atoms with Crippen molar-refractivity contribution in [2.45, 2.75) is 46.2 Å². The first kappa shape index (κ1) is 14.6. The van der Waals surface area contributed by atoms with Crippen molar-refractivity contribution >= 4 is 14.5 Å². The van der Waals surface area contributed by atoms with E-state index in [0.717, 1.165) is 6.42 Å². The zero-order valence-electron chi connectivity index (χ0n) is 10.0. The maximum atomic E-state index is 11.5. The lowest BCUT2D eigenvalue weighted by atomic mass is 9.91. The smallest absolute Gasteiger partial charge is 0.329 e. The van der Waals surface area contributed by atoms with Crippen LogP contribution in [-0.4, -0.2) is 30.7 Å². The Morgan fingerprint density at radius 2 is 1.93 bits per heavy atom. The van der Waals surface area contributed by atoms with Crippen LogP contribution in [0.3, 0.4) is 0 Å². The van der Waals surface area contributed by atoms with E-state index < -0.39 is 14.0 Å². The van der Waals surface area contributed by atoms with Gasteiger partial charge in [-0.25, -0.2) is 0 Å². The molecule has 0 aromatic rings. The van der Waals surface area contributed by atoms with E-state index in [2.05, 4.69) is 0 Å². The zero-order chi connectivity index (χ0) is 12.1. The van der Waals surface area contributed by atoms with E-state index in [0.29, 0.717) is 12.5 Å². The Kier molecular flexibility index (Phi) is 5.48. The predicted molar refractivity (Wildman–Crippen MR) is 60.5 cm³/mol. The monoisotopic (exact) mass is 234 g/mol. The van der Waals surface area contributed by atoms with Gasteiger partial charge in [0.1, 0.15) is 0 Å². The summed E-state index contributed by atoms with van der Waals surface area (Å²) in [6.45, 7) is 7.34. The standard InChI is InChI=1S/C10H22O4Si/c1-5-10(2,3)9(11)14-7-6-8-15(4,12)13/h12-13H,5-8H2,1-4H3. The van der Waals surface area contributed by atoms with Gasteiger partial charge in [-0.05, 0) is 39.3 Å². The summed E-state index contributed by atoms with van der Waals surface area (Å²) in [5.41, 5.74) is -0.445. The number of hydrogen-bond acceptors (Lipinski definition) is 4. The summed E-state index contributed by atoms with van der Waals surface area (Å²) >= 11 is 0. The third kappa shape index (κ3) is 6.65. The third-order valence-corrected chi connectivity index (χ3v) is 3.77. The first-order valence-corrected chi connectivity index (χ1v) is 7.91. The van der Waals surface area contributed by atoms with Crippen molar-refractivity contribution < 1.29 is 19.1 Å². The molecule has 0 saturated heterocycles. The molecule has 0 aromatic carbocycles. The van der Waals surface area contributed by atoms with Gasteiger partial charge in [0.2, 0.25) is 0 Å². The van der Waals surface area contributed by atoms with E-state index in [4.69, 9.17) is 14.3 Å². The predicted octanol–water partition coefficient (Wildman–Crippen LogP) is 1.41. The van der Waals surface area contributed by atoms with Gasteiger partial charge < -0.3 is 14.3 Å². The van der Waals surface area contributed by atoms with Crippen molar-refractivity contribution in [2.75, 3.05) is 6.61 Å². The SMILES string of the molecule is CCC(C)(C)C(=O)OCCC[Si](C)(O)O. The molecule has 90 valence electrons. The molecule has 0 heterocycles. The lowest BCUT2D eigenvalue weighted by molar-refractivity contribution is -0.154. The molecule has 0 amide bonds. The lowest BCUT2D eigenvalue weighted by Gasteiger charge is -2.20. The van der Waals surface area contributed by atoms with Gasteiger partial charge >= 0.3 is 14.5 Å². The van der Waals surface area contributed by atoms with Gasteiger partial charge in [0.05, 0.1) is 12.0 Å². The maximum absolute atomic E-state index is 11.5. The molecule has 0 aliphatic rings. The van der Waals surface area contributed by atoms with Crippen LogP contribution < -0.4 is 0 Å². The first-order valence-electron chi connectivity index (χ1n) is 5.31. The van der Waals surface area contributed by atoms with Crippen LogP contribution in [-0.2, 0) is 9.53 Å². The molecule has 2 N–H and O–H groups in total. The van der Waals surface area contributed by atoms with Crippen molar-refractivity contribution in [1.29, 1.82) is 0 Å². The van der Waals surface area contributed by atoms with Crippen LogP contribution in [0.15, 0.2) is 0 Å². The molecule has 0 fully saturated rings. The van der Waals surface area contributed by atoms with Crippen LogP contribution >= 0.6 is 0 Å². The summed E-state index contributed by atoms with van der Waals surface area (Å²) in [5.74, 6) is -0.218. The molecule has 0 saturated carbocycles. The van der Waals surface area contributed by atoms with Crippen LogP contribution in [0.1, 0.15) is 33.6 Å². The van der Waals surface area contributed by atoms with E-state index in [9.17, 15) is 4.79 Å². The van der Waals surface area contributed by atoms with Crippen molar-refractivity contribution in [1.82, 2.24) is 0 Å². The molecule has 0 spiro atoms. The largest absolute Gasteiger partial charge is 0.465 e. The van der Waals surface area contributed by atoms with Gasteiger partial charge in [0.25, 0.3) is 0 Å². The molecule has 4 nitrogen and oxygen atoms in total. The molecule has 0 atom stereocenters. The molecule has 5 heteroatoms. The number of ether oxygens (including phenoxy) is 1. The number of carbonyl (C=O) groups is 1. The number of hydrogen-bond donors (Lipinski definition) is 2. The van der Waals surface area contributed by atoms with E-state index in [1.165, 1.54) is 6.55 Å². The summed E-state index contributed by atoms with van der Waals surface area (Å²) in [6, 6.07) is 0.340. The average molecular weight is 234 g/mol. The second kappa shape index (κ2) is 5.63. The molecular formula is C10H22O4Si. The lowest BCUT2D eigenvalue weighted by Crippen LogP contribution is -2.30. The minimum atomic E-state index is -2.97. The fraction of sp³-hybridized carbons (Fsp3) is 0.900. The number of carbonyl (C=O) groups excluding carboxylic acids is 1. The number of esters is 1. The topological polar surface area (TPSA) is 66.8 Å². The normalized spacial score (nSPS) is 12.7. The molecule has 0 unspecified atom stereocenters. The maximum Gasteiger partial charge on any atom is 0.329 e. The Labute approximate surface area is 92.5 Å². The molecule has 0 rings (SSSR count). The molecule has 0 aliphatic heterocycles. The van der Waals surface area contributed by atoms with E-state index >= 15 is 0 Å². The molecular weight excluding hydrogens is 212 g/mol. The van der Waals surface area contributed by atoms with Crippen LogP contribution in [0.4, 0.5) is 0 Å². The van der Waals surface area contributed by atoms with E-state index in [-0.39, 0.29) is 12.6 Å². The third-order valence-electron chi connectivity index (χ3n) is 2.46. The Morgan fingerprint density at radius 3 is 2.33 bits per heavy atom. The zero-order valence-corrected chi connectivity index (χ0v) is 11.0. The minimum absolute atomic E-state index is 0.218.